The van der Waals surface area contributed by atoms with E-state index in [1.807, 2.05) is 0 Å². The molecule has 0 unspecified atom stereocenters. The first-order chi connectivity index (χ1) is 15.5. The van der Waals surface area contributed by atoms with Crippen LogP contribution in [0.4, 0.5) is 0 Å². The number of hydrogen-bond acceptors (Lipinski definition) is 6. The number of carbonyl (C=O) groups excluding carboxylic acids is 2. The number of carbonyl (C=O) groups is 2. The second kappa shape index (κ2) is 7.77. The molecule has 4 saturated carbocycles. The van der Waals surface area contributed by atoms with E-state index in [2.05, 4.69) is 55.2 Å². The van der Waals surface area contributed by atoms with Gasteiger partial charge in [-0.1, -0.05) is 27.7 Å². The second-order valence-electron chi connectivity index (χ2n) is 11.7. The number of nitrogens with zero attached hydrogens (tertiary/aromatic N) is 2. The first-order valence-corrected chi connectivity index (χ1v) is 12.3. The summed E-state index contributed by atoms with van der Waals surface area (Å²) in [4.78, 5) is 33.9. The molecule has 1 aromatic rings. The van der Waals surface area contributed by atoms with Crippen molar-refractivity contribution in [3.05, 3.63) is 24.3 Å². The Morgan fingerprint density at radius 1 is 1.21 bits per heavy atom. The van der Waals surface area contributed by atoms with E-state index in [4.69, 9.17) is 9.31 Å². The molecular formula is C24H35BN4O4. The standard InChI is InChI=1S/C24H35BN4O4/c1-14(2)10-19(25-32-18-12-15-11-17(22(15,3)4)23(18,5)33-25)28-21(31)24(6-7-24)29-20(30)16-13-26-8-9-27-16/h8-9,13-15,17-19H,6-7,10-12H2,1-5H3,(H,28,31)(H,29,30)/t15-,17-,18+,19-,23-/m0/s1. The van der Waals surface area contributed by atoms with E-state index in [0.717, 1.165) is 12.8 Å². The van der Waals surface area contributed by atoms with Crippen LogP contribution in [-0.4, -0.2) is 52.1 Å². The Hall–Kier alpha value is -2.00. The topological polar surface area (TPSA) is 102 Å². The van der Waals surface area contributed by atoms with Crippen LogP contribution in [0.25, 0.3) is 0 Å². The van der Waals surface area contributed by atoms with Crippen molar-refractivity contribution in [3.8, 4) is 0 Å². The summed E-state index contributed by atoms with van der Waals surface area (Å²) in [6, 6.07) is 0. The van der Waals surface area contributed by atoms with Crippen molar-refractivity contribution >= 4 is 18.9 Å². The van der Waals surface area contributed by atoms with Gasteiger partial charge in [0.1, 0.15) is 11.2 Å². The molecule has 0 aromatic carbocycles. The molecule has 0 spiro atoms. The minimum absolute atomic E-state index is 0.0667. The third kappa shape index (κ3) is 3.77. The van der Waals surface area contributed by atoms with Crippen LogP contribution >= 0.6 is 0 Å². The highest BCUT2D eigenvalue weighted by atomic mass is 16.7. The Labute approximate surface area is 196 Å². The van der Waals surface area contributed by atoms with Gasteiger partial charge in [-0.15, -0.1) is 0 Å². The van der Waals surface area contributed by atoms with Crippen LogP contribution in [0.2, 0.25) is 0 Å². The van der Waals surface area contributed by atoms with Gasteiger partial charge >= 0.3 is 7.12 Å². The first kappa shape index (κ1) is 22.8. The van der Waals surface area contributed by atoms with E-state index in [-0.39, 0.29) is 40.6 Å². The highest BCUT2D eigenvalue weighted by Crippen LogP contribution is 2.65. The maximum atomic E-state index is 13.3. The predicted molar refractivity (Wildman–Crippen MR) is 123 cm³/mol. The summed E-state index contributed by atoms with van der Waals surface area (Å²) >= 11 is 0. The largest absolute Gasteiger partial charge is 0.481 e. The zero-order valence-corrected chi connectivity index (χ0v) is 20.3. The van der Waals surface area contributed by atoms with Gasteiger partial charge in [-0.2, -0.15) is 0 Å². The number of amides is 2. The molecule has 1 aromatic heterocycles. The van der Waals surface area contributed by atoms with Crippen molar-refractivity contribution in [2.45, 2.75) is 89.9 Å². The molecule has 5 fully saturated rings. The lowest BCUT2D eigenvalue weighted by molar-refractivity contribution is -0.199. The molecule has 4 aliphatic carbocycles. The molecule has 6 rings (SSSR count). The highest BCUT2D eigenvalue weighted by Gasteiger charge is 2.68. The van der Waals surface area contributed by atoms with Gasteiger partial charge < -0.3 is 19.9 Å². The minimum Gasteiger partial charge on any atom is -0.404 e. The quantitative estimate of drug-likeness (QED) is 0.614. The van der Waals surface area contributed by atoms with E-state index < -0.39 is 12.7 Å². The van der Waals surface area contributed by atoms with Gasteiger partial charge in [0.2, 0.25) is 5.91 Å². The van der Waals surface area contributed by atoms with E-state index in [9.17, 15) is 9.59 Å². The lowest BCUT2D eigenvalue weighted by Crippen LogP contribution is -2.65. The molecule has 5 aliphatic rings. The van der Waals surface area contributed by atoms with Crippen LogP contribution in [0.5, 0.6) is 0 Å². The number of nitrogens with one attached hydrogen (secondary N) is 2. The van der Waals surface area contributed by atoms with Gasteiger partial charge in [-0.25, -0.2) is 4.98 Å². The molecule has 2 heterocycles. The Morgan fingerprint density at radius 2 is 1.97 bits per heavy atom. The van der Waals surface area contributed by atoms with Crippen molar-refractivity contribution in [2.24, 2.45) is 23.2 Å². The minimum atomic E-state index is -0.900. The first-order valence-electron chi connectivity index (χ1n) is 12.3. The zero-order chi connectivity index (χ0) is 23.6. The number of aromatic nitrogens is 2. The van der Waals surface area contributed by atoms with Gasteiger partial charge in [0.15, 0.2) is 0 Å². The van der Waals surface area contributed by atoms with Crippen LogP contribution in [0.1, 0.15) is 77.2 Å². The van der Waals surface area contributed by atoms with Crippen LogP contribution in [0.15, 0.2) is 18.6 Å². The molecule has 9 heteroatoms. The van der Waals surface area contributed by atoms with Crippen LogP contribution in [0.3, 0.4) is 0 Å². The summed E-state index contributed by atoms with van der Waals surface area (Å²) in [5.41, 5.74) is -0.747. The molecule has 178 valence electrons. The molecule has 0 radical (unpaired) electrons. The molecule has 1 saturated heterocycles. The highest BCUT2D eigenvalue weighted by molar-refractivity contribution is 6.48. The molecule has 2 amide bonds. The summed E-state index contributed by atoms with van der Waals surface area (Å²) in [6.45, 7) is 11.1. The summed E-state index contributed by atoms with van der Waals surface area (Å²) in [5.74, 6) is 0.660. The van der Waals surface area contributed by atoms with E-state index in [0.29, 0.717) is 30.6 Å². The van der Waals surface area contributed by atoms with Crippen molar-refractivity contribution in [2.75, 3.05) is 0 Å². The Kier molecular flexibility index (Phi) is 5.36. The van der Waals surface area contributed by atoms with Gasteiger partial charge in [0.25, 0.3) is 5.91 Å². The van der Waals surface area contributed by atoms with Gasteiger partial charge in [0, 0.05) is 12.4 Å². The molecular weight excluding hydrogens is 419 g/mol. The van der Waals surface area contributed by atoms with Crippen molar-refractivity contribution in [1.29, 1.82) is 0 Å². The van der Waals surface area contributed by atoms with E-state index in [1.54, 1.807) is 0 Å². The zero-order valence-electron chi connectivity index (χ0n) is 20.3. The fraction of sp³-hybridized carbons (Fsp3) is 0.750. The summed E-state index contributed by atoms with van der Waals surface area (Å²) in [5, 5.41) is 6.07. The van der Waals surface area contributed by atoms with Crippen molar-refractivity contribution in [1.82, 2.24) is 20.6 Å². The number of rotatable bonds is 7. The maximum absolute atomic E-state index is 13.3. The fourth-order valence-electron chi connectivity index (χ4n) is 6.36. The molecule has 1 aliphatic heterocycles. The average molecular weight is 454 g/mol. The normalized spacial score (nSPS) is 33.6. The van der Waals surface area contributed by atoms with E-state index in [1.165, 1.54) is 25.0 Å². The van der Waals surface area contributed by atoms with Gasteiger partial charge in [-0.05, 0) is 62.2 Å². The molecule has 2 N–H and O–H groups in total. The lowest BCUT2D eigenvalue weighted by atomic mass is 9.43. The Balaban J connectivity index is 1.28. The van der Waals surface area contributed by atoms with Crippen molar-refractivity contribution < 1.29 is 18.9 Å². The van der Waals surface area contributed by atoms with Crippen LogP contribution < -0.4 is 10.6 Å². The maximum Gasteiger partial charge on any atom is 0.481 e. The molecule has 33 heavy (non-hydrogen) atoms. The summed E-state index contributed by atoms with van der Waals surface area (Å²) < 4.78 is 13.1. The summed E-state index contributed by atoms with van der Waals surface area (Å²) in [6.07, 6.45) is 8.59. The molecule has 5 atom stereocenters. The van der Waals surface area contributed by atoms with Gasteiger partial charge in [-0.3, -0.25) is 14.6 Å². The third-order valence-electron chi connectivity index (χ3n) is 8.67. The van der Waals surface area contributed by atoms with Crippen LogP contribution in [0, 0.1) is 23.2 Å². The Morgan fingerprint density at radius 3 is 2.58 bits per heavy atom. The van der Waals surface area contributed by atoms with E-state index >= 15 is 0 Å². The second-order valence-corrected chi connectivity index (χ2v) is 11.7. The molecule has 2 bridgehead atoms. The predicted octanol–water partition coefficient (Wildman–Crippen LogP) is 2.54. The smallest absolute Gasteiger partial charge is 0.404 e. The van der Waals surface area contributed by atoms with Crippen LogP contribution in [-0.2, 0) is 14.1 Å². The number of hydrogen-bond donors (Lipinski definition) is 2. The lowest BCUT2D eigenvalue weighted by Gasteiger charge is -2.64. The average Bonchev–Trinajstić information content (AvgIpc) is 3.45. The Bertz CT molecular complexity index is 938. The summed E-state index contributed by atoms with van der Waals surface area (Å²) in [7, 11) is -0.479. The molecule has 8 nitrogen and oxygen atoms in total. The fourth-order valence-corrected chi connectivity index (χ4v) is 6.36. The monoisotopic (exact) mass is 454 g/mol. The van der Waals surface area contributed by atoms with Crippen molar-refractivity contribution in [3.63, 3.8) is 0 Å². The van der Waals surface area contributed by atoms with Gasteiger partial charge in [0.05, 0.1) is 23.8 Å². The third-order valence-corrected chi connectivity index (χ3v) is 8.67. The SMILES string of the molecule is CC(C)C[C@H](NC(=O)C1(NC(=O)c2cnccn2)CC1)B1O[C@@H]2C[C@@H]3C[C@@H](C3(C)C)[C@]2(C)O1.